The van der Waals surface area contributed by atoms with Gasteiger partial charge in [-0.2, -0.15) is 0 Å². The standard InChI is InChI=1S/C20H16N2O3/c1-2-25-20(24)15-11-18(19(21)23)22-16-9-7-12-5-3-4-6-13(12)14(16)8-10-17(15)22/h3-11H,2H2,1H3,(H2,21,23). The molecule has 2 heterocycles. The zero-order chi connectivity index (χ0) is 17.6. The van der Waals surface area contributed by atoms with Gasteiger partial charge in [-0.25, -0.2) is 4.79 Å². The maximum atomic E-state index is 12.3. The average molecular weight is 332 g/mol. The lowest BCUT2D eigenvalue weighted by Crippen LogP contribution is -2.13. The topological polar surface area (TPSA) is 73.8 Å². The summed E-state index contributed by atoms with van der Waals surface area (Å²) < 4.78 is 6.84. The van der Waals surface area contributed by atoms with Gasteiger partial charge < -0.3 is 14.9 Å². The molecule has 0 fully saturated rings. The van der Waals surface area contributed by atoms with Crippen LogP contribution in [0.4, 0.5) is 0 Å². The number of amides is 1. The van der Waals surface area contributed by atoms with Crippen molar-refractivity contribution in [2.24, 2.45) is 5.73 Å². The first-order valence-corrected chi connectivity index (χ1v) is 8.04. The molecule has 124 valence electrons. The van der Waals surface area contributed by atoms with E-state index in [4.69, 9.17) is 10.5 Å². The number of hydrogen-bond acceptors (Lipinski definition) is 3. The third kappa shape index (κ3) is 2.24. The molecule has 0 spiro atoms. The fraction of sp³-hybridized carbons (Fsp3) is 0.100. The molecule has 0 bridgehead atoms. The first kappa shape index (κ1) is 15.2. The average Bonchev–Trinajstić information content (AvgIpc) is 3.02. The Hall–Kier alpha value is -3.34. The van der Waals surface area contributed by atoms with E-state index in [2.05, 4.69) is 0 Å². The van der Waals surface area contributed by atoms with Crippen molar-refractivity contribution in [2.45, 2.75) is 6.92 Å². The molecule has 25 heavy (non-hydrogen) atoms. The van der Waals surface area contributed by atoms with Gasteiger partial charge in [0, 0.05) is 5.39 Å². The van der Waals surface area contributed by atoms with Crippen molar-refractivity contribution in [3.8, 4) is 0 Å². The Balaban J connectivity index is 2.15. The number of nitrogens with zero attached hydrogens (tertiary/aromatic N) is 1. The zero-order valence-corrected chi connectivity index (χ0v) is 13.7. The van der Waals surface area contributed by atoms with E-state index in [-0.39, 0.29) is 12.3 Å². The summed E-state index contributed by atoms with van der Waals surface area (Å²) in [4.78, 5) is 24.2. The molecule has 0 aliphatic heterocycles. The van der Waals surface area contributed by atoms with Crippen LogP contribution in [0, 0.1) is 0 Å². The predicted molar refractivity (Wildman–Crippen MR) is 96.9 cm³/mol. The maximum absolute atomic E-state index is 12.3. The smallest absolute Gasteiger partial charge is 0.340 e. The van der Waals surface area contributed by atoms with Crippen molar-refractivity contribution in [2.75, 3.05) is 6.61 Å². The lowest BCUT2D eigenvalue weighted by Gasteiger charge is -2.09. The summed E-state index contributed by atoms with van der Waals surface area (Å²) in [6.07, 6.45) is 0. The fourth-order valence-electron chi connectivity index (χ4n) is 3.32. The summed E-state index contributed by atoms with van der Waals surface area (Å²) in [6, 6.07) is 17.2. The summed E-state index contributed by atoms with van der Waals surface area (Å²) >= 11 is 0. The number of benzene rings is 2. The molecule has 0 atom stereocenters. The number of aromatic nitrogens is 1. The molecule has 5 heteroatoms. The molecule has 0 unspecified atom stereocenters. The van der Waals surface area contributed by atoms with Crippen LogP contribution in [0.1, 0.15) is 27.8 Å². The molecule has 0 aliphatic rings. The number of ether oxygens (including phenoxy) is 1. The maximum Gasteiger partial charge on any atom is 0.340 e. The van der Waals surface area contributed by atoms with Gasteiger partial charge >= 0.3 is 5.97 Å². The van der Waals surface area contributed by atoms with Gasteiger partial charge in [0.25, 0.3) is 5.91 Å². The van der Waals surface area contributed by atoms with E-state index in [1.807, 2.05) is 48.5 Å². The van der Waals surface area contributed by atoms with Crippen LogP contribution < -0.4 is 5.73 Å². The van der Waals surface area contributed by atoms with Crippen molar-refractivity contribution >= 4 is 39.1 Å². The molecule has 0 saturated carbocycles. The number of primary amides is 1. The molecule has 0 saturated heterocycles. The van der Waals surface area contributed by atoms with E-state index in [9.17, 15) is 9.59 Å². The van der Waals surface area contributed by atoms with Gasteiger partial charge in [0.1, 0.15) is 5.69 Å². The van der Waals surface area contributed by atoms with E-state index in [0.29, 0.717) is 11.1 Å². The van der Waals surface area contributed by atoms with E-state index in [1.165, 1.54) is 6.07 Å². The highest BCUT2D eigenvalue weighted by Crippen LogP contribution is 2.29. The number of carbonyl (C=O) groups excluding carboxylic acids is 2. The van der Waals surface area contributed by atoms with Crippen LogP contribution in [0.5, 0.6) is 0 Å². The number of esters is 1. The Morgan fingerprint density at radius 2 is 1.76 bits per heavy atom. The Kier molecular flexibility index (Phi) is 3.42. The second-order valence-corrected chi connectivity index (χ2v) is 5.80. The van der Waals surface area contributed by atoms with Crippen molar-refractivity contribution < 1.29 is 14.3 Å². The number of carbonyl (C=O) groups is 2. The van der Waals surface area contributed by atoms with Gasteiger partial charge in [-0.1, -0.05) is 36.4 Å². The molecular weight excluding hydrogens is 316 g/mol. The molecule has 4 rings (SSSR count). The molecule has 0 radical (unpaired) electrons. The van der Waals surface area contributed by atoms with Crippen LogP contribution in [-0.4, -0.2) is 22.9 Å². The van der Waals surface area contributed by atoms with E-state index >= 15 is 0 Å². The summed E-state index contributed by atoms with van der Waals surface area (Å²) in [5.41, 5.74) is 7.59. The van der Waals surface area contributed by atoms with Crippen LogP contribution in [0.3, 0.4) is 0 Å². The fourth-order valence-corrected chi connectivity index (χ4v) is 3.32. The minimum atomic E-state index is -0.591. The molecule has 1 amide bonds. The van der Waals surface area contributed by atoms with Crippen molar-refractivity contribution in [1.29, 1.82) is 0 Å². The number of rotatable bonds is 3. The highest BCUT2D eigenvalue weighted by Gasteiger charge is 2.20. The minimum Gasteiger partial charge on any atom is -0.462 e. The van der Waals surface area contributed by atoms with E-state index < -0.39 is 11.9 Å². The predicted octanol–water partition coefficient (Wildman–Crippen LogP) is 3.52. The number of pyridine rings is 1. The molecule has 0 aliphatic carbocycles. The largest absolute Gasteiger partial charge is 0.462 e. The first-order valence-electron chi connectivity index (χ1n) is 8.04. The van der Waals surface area contributed by atoms with Crippen LogP contribution in [0.2, 0.25) is 0 Å². The Morgan fingerprint density at radius 3 is 2.52 bits per heavy atom. The highest BCUT2D eigenvalue weighted by atomic mass is 16.5. The Labute approximate surface area is 143 Å². The van der Waals surface area contributed by atoms with Gasteiger partial charge in [-0.3, -0.25) is 4.79 Å². The van der Waals surface area contributed by atoms with Crippen LogP contribution in [0.25, 0.3) is 27.2 Å². The Bertz CT molecular complexity index is 1160. The molecule has 5 nitrogen and oxygen atoms in total. The summed E-state index contributed by atoms with van der Waals surface area (Å²) in [5, 5.41) is 3.16. The van der Waals surface area contributed by atoms with E-state index in [1.54, 1.807) is 11.3 Å². The SMILES string of the molecule is CCOC(=O)c1cc(C(N)=O)n2c1ccc1c3ccccc3ccc12. The van der Waals surface area contributed by atoms with E-state index in [0.717, 1.165) is 21.7 Å². The highest BCUT2D eigenvalue weighted by molar-refractivity contribution is 6.10. The third-order valence-electron chi connectivity index (χ3n) is 4.38. The van der Waals surface area contributed by atoms with Crippen molar-refractivity contribution in [3.05, 3.63) is 65.9 Å². The minimum absolute atomic E-state index is 0.263. The first-order chi connectivity index (χ1) is 12.1. The summed E-state index contributed by atoms with van der Waals surface area (Å²) in [6.45, 7) is 2.01. The second-order valence-electron chi connectivity index (χ2n) is 5.80. The van der Waals surface area contributed by atoms with Crippen molar-refractivity contribution in [3.63, 3.8) is 0 Å². The Morgan fingerprint density at radius 1 is 1.00 bits per heavy atom. The zero-order valence-electron chi connectivity index (χ0n) is 13.7. The molecule has 2 aromatic carbocycles. The van der Waals surface area contributed by atoms with Crippen LogP contribution in [-0.2, 0) is 4.74 Å². The van der Waals surface area contributed by atoms with Gasteiger partial charge in [-0.15, -0.1) is 0 Å². The monoisotopic (exact) mass is 332 g/mol. The summed E-state index contributed by atoms with van der Waals surface area (Å²) in [7, 11) is 0. The number of hydrogen-bond donors (Lipinski definition) is 1. The van der Waals surface area contributed by atoms with Gasteiger partial charge in [0.05, 0.1) is 23.2 Å². The molecule has 2 N–H and O–H groups in total. The van der Waals surface area contributed by atoms with Crippen molar-refractivity contribution in [1.82, 2.24) is 4.40 Å². The normalized spacial score (nSPS) is 11.2. The van der Waals surface area contributed by atoms with Gasteiger partial charge in [-0.05, 0) is 35.9 Å². The van der Waals surface area contributed by atoms with Gasteiger partial charge in [0.15, 0.2) is 0 Å². The number of nitrogens with two attached hydrogens (primary N) is 1. The quantitative estimate of drug-likeness (QED) is 0.461. The molecule has 4 aromatic rings. The lowest BCUT2D eigenvalue weighted by molar-refractivity contribution is 0.0529. The van der Waals surface area contributed by atoms with Gasteiger partial charge in [0.2, 0.25) is 0 Å². The molecule has 2 aromatic heterocycles. The summed E-state index contributed by atoms with van der Waals surface area (Å²) in [5.74, 6) is -1.06. The van der Waals surface area contributed by atoms with Crippen LogP contribution >= 0.6 is 0 Å². The lowest BCUT2D eigenvalue weighted by atomic mass is 10.0. The van der Waals surface area contributed by atoms with Crippen LogP contribution in [0.15, 0.2) is 54.6 Å². The third-order valence-corrected chi connectivity index (χ3v) is 4.38. The number of fused-ring (bicyclic) bond motifs is 5. The molecular formula is C20H16N2O3. The second kappa shape index (κ2) is 5.63.